The zero-order valence-electron chi connectivity index (χ0n) is 9.72. The number of aromatic hydroxyl groups is 1. The number of phenolic OH excluding ortho intramolecular Hbond substituents is 1. The molecule has 17 heavy (non-hydrogen) atoms. The quantitative estimate of drug-likeness (QED) is 0.773. The summed E-state index contributed by atoms with van der Waals surface area (Å²) >= 11 is 0. The molecule has 0 aromatic heterocycles. The van der Waals surface area contributed by atoms with Crippen LogP contribution in [0.4, 0.5) is 10.5 Å². The minimum Gasteiger partial charge on any atom is -0.508 e. The lowest BCUT2D eigenvalue weighted by atomic mass is 9.90. The van der Waals surface area contributed by atoms with Crippen LogP contribution in [0.15, 0.2) is 18.2 Å². The van der Waals surface area contributed by atoms with Gasteiger partial charge in [-0.1, -0.05) is 0 Å². The third kappa shape index (κ3) is 2.06. The van der Waals surface area contributed by atoms with Gasteiger partial charge in [0.15, 0.2) is 0 Å². The molecule has 1 aliphatic heterocycles. The highest BCUT2D eigenvalue weighted by atomic mass is 16.5. The summed E-state index contributed by atoms with van der Waals surface area (Å²) < 4.78 is 4.74. The Balaban J connectivity index is 2.43. The van der Waals surface area contributed by atoms with Crippen molar-refractivity contribution >= 4 is 11.8 Å². The number of nitrogens with two attached hydrogens (primary N) is 1. The highest BCUT2D eigenvalue weighted by Crippen LogP contribution is 2.37. The van der Waals surface area contributed by atoms with Gasteiger partial charge in [0.25, 0.3) is 0 Å². The van der Waals surface area contributed by atoms with Crippen LogP contribution in [-0.4, -0.2) is 31.4 Å². The number of phenols is 1. The maximum atomic E-state index is 11.6. The van der Waals surface area contributed by atoms with Crippen LogP contribution < -0.4 is 10.6 Å². The zero-order chi connectivity index (χ0) is 12.4. The Kier molecular flexibility index (Phi) is 3.19. The molecule has 5 nitrogen and oxygen atoms in total. The monoisotopic (exact) mass is 236 g/mol. The van der Waals surface area contributed by atoms with E-state index in [0.717, 1.165) is 17.7 Å². The number of carbonyl (C=O) groups is 1. The van der Waals surface area contributed by atoms with E-state index in [1.165, 1.54) is 7.11 Å². The molecule has 0 saturated carbocycles. The third-order valence-corrected chi connectivity index (χ3v) is 3.12. The van der Waals surface area contributed by atoms with Gasteiger partial charge in [-0.05, 0) is 36.7 Å². The van der Waals surface area contributed by atoms with Crippen LogP contribution in [-0.2, 0) is 4.74 Å². The van der Waals surface area contributed by atoms with E-state index in [1.807, 2.05) is 0 Å². The predicted molar refractivity (Wildman–Crippen MR) is 64.3 cm³/mol. The minimum atomic E-state index is -0.382. The summed E-state index contributed by atoms with van der Waals surface area (Å²) in [5, 5.41) is 9.51. The van der Waals surface area contributed by atoms with Crippen molar-refractivity contribution in [3.05, 3.63) is 23.8 Å². The lowest BCUT2D eigenvalue weighted by Crippen LogP contribution is -2.37. The minimum absolute atomic E-state index is 0.179. The summed E-state index contributed by atoms with van der Waals surface area (Å²) in [5.74, 6) is 0.368. The molecule has 1 aromatic rings. The second-order valence-electron chi connectivity index (χ2n) is 4.09. The number of anilines is 1. The van der Waals surface area contributed by atoms with Gasteiger partial charge in [-0.2, -0.15) is 0 Å². The molecule has 0 fully saturated rings. The van der Waals surface area contributed by atoms with E-state index < -0.39 is 0 Å². The van der Waals surface area contributed by atoms with E-state index in [-0.39, 0.29) is 17.8 Å². The second-order valence-corrected chi connectivity index (χ2v) is 4.09. The van der Waals surface area contributed by atoms with Crippen molar-refractivity contribution in [2.75, 3.05) is 25.1 Å². The molecule has 0 bridgehead atoms. The smallest absolute Gasteiger partial charge is 0.414 e. The van der Waals surface area contributed by atoms with Crippen LogP contribution in [0, 0.1) is 0 Å². The van der Waals surface area contributed by atoms with E-state index in [1.54, 1.807) is 23.1 Å². The summed E-state index contributed by atoms with van der Waals surface area (Å²) in [7, 11) is 1.36. The van der Waals surface area contributed by atoms with Gasteiger partial charge in [-0.25, -0.2) is 4.79 Å². The SMILES string of the molecule is COC(=O)N1CCC(CN)c2cc(O)ccc21. The van der Waals surface area contributed by atoms with Crippen molar-refractivity contribution in [2.45, 2.75) is 12.3 Å². The molecule has 1 heterocycles. The maximum absolute atomic E-state index is 11.6. The Bertz CT molecular complexity index is 434. The third-order valence-electron chi connectivity index (χ3n) is 3.12. The van der Waals surface area contributed by atoms with E-state index in [2.05, 4.69) is 0 Å². The number of hydrogen-bond acceptors (Lipinski definition) is 4. The fraction of sp³-hybridized carbons (Fsp3) is 0.417. The van der Waals surface area contributed by atoms with Crippen LogP contribution in [0.5, 0.6) is 5.75 Å². The van der Waals surface area contributed by atoms with Crippen LogP contribution in [0.3, 0.4) is 0 Å². The number of benzene rings is 1. The van der Waals surface area contributed by atoms with Gasteiger partial charge in [0.05, 0.1) is 12.8 Å². The van der Waals surface area contributed by atoms with E-state index in [9.17, 15) is 9.90 Å². The van der Waals surface area contributed by atoms with Gasteiger partial charge in [0, 0.05) is 12.5 Å². The summed E-state index contributed by atoms with van der Waals surface area (Å²) in [5.41, 5.74) is 7.39. The van der Waals surface area contributed by atoms with E-state index >= 15 is 0 Å². The molecule has 1 aromatic carbocycles. The highest BCUT2D eigenvalue weighted by Gasteiger charge is 2.28. The Hall–Kier alpha value is -1.75. The van der Waals surface area contributed by atoms with Crippen molar-refractivity contribution in [1.82, 2.24) is 0 Å². The van der Waals surface area contributed by atoms with E-state index in [0.29, 0.717) is 13.1 Å². The molecule has 0 saturated heterocycles. The molecule has 1 unspecified atom stereocenters. The molecule has 1 atom stereocenters. The van der Waals surface area contributed by atoms with Crippen molar-refractivity contribution in [3.8, 4) is 5.75 Å². The number of amides is 1. The van der Waals surface area contributed by atoms with Crippen molar-refractivity contribution in [2.24, 2.45) is 5.73 Å². The van der Waals surface area contributed by atoms with Gasteiger partial charge < -0.3 is 15.6 Å². The first-order valence-corrected chi connectivity index (χ1v) is 5.55. The lowest BCUT2D eigenvalue weighted by molar-refractivity contribution is 0.178. The fourth-order valence-corrected chi connectivity index (χ4v) is 2.22. The number of carbonyl (C=O) groups excluding carboxylic acids is 1. The summed E-state index contributed by atoms with van der Waals surface area (Å²) in [6, 6.07) is 4.96. The van der Waals surface area contributed by atoms with Gasteiger partial charge >= 0.3 is 6.09 Å². The normalized spacial score (nSPS) is 18.7. The van der Waals surface area contributed by atoms with Crippen LogP contribution in [0.2, 0.25) is 0 Å². The van der Waals surface area contributed by atoms with Gasteiger partial charge in [-0.15, -0.1) is 0 Å². The summed E-state index contributed by atoms with van der Waals surface area (Å²) in [6.07, 6.45) is 0.398. The first-order valence-electron chi connectivity index (χ1n) is 5.55. The zero-order valence-corrected chi connectivity index (χ0v) is 9.72. The Morgan fingerprint density at radius 2 is 2.41 bits per heavy atom. The molecule has 5 heteroatoms. The lowest BCUT2D eigenvalue weighted by Gasteiger charge is -2.32. The van der Waals surface area contributed by atoms with Gasteiger partial charge in [0.1, 0.15) is 5.75 Å². The summed E-state index contributed by atoms with van der Waals surface area (Å²) in [4.78, 5) is 13.2. The Morgan fingerprint density at radius 1 is 1.65 bits per heavy atom. The Morgan fingerprint density at radius 3 is 3.06 bits per heavy atom. The first-order chi connectivity index (χ1) is 8.17. The fourth-order valence-electron chi connectivity index (χ4n) is 2.22. The number of ether oxygens (including phenoxy) is 1. The number of methoxy groups -OCH3 is 1. The molecule has 0 radical (unpaired) electrons. The number of hydrogen-bond donors (Lipinski definition) is 2. The van der Waals surface area contributed by atoms with Gasteiger partial charge in [-0.3, -0.25) is 4.90 Å². The largest absolute Gasteiger partial charge is 0.508 e. The van der Waals surface area contributed by atoms with Crippen molar-refractivity contribution in [1.29, 1.82) is 0 Å². The maximum Gasteiger partial charge on any atom is 0.414 e. The molecule has 92 valence electrons. The number of nitrogens with zero attached hydrogens (tertiary/aromatic N) is 1. The topological polar surface area (TPSA) is 75.8 Å². The van der Waals surface area contributed by atoms with Crippen LogP contribution in [0.25, 0.3) is 0 Å². The van der Waals surface area contributed by atoms with Gasteiger partial charge in [0.2, 0.25) is 0 Å². The average Bonchev–Trinajstić information content (AvgIpc) is 2.36. The molecular formula is C12H16N2O3. The molecule has 2 rings (SSSR count). The van der Waals surface area contributed by atoms with Crippen molar-refractivity contribution < 1.29 is 14.6 Å². The average molecular weight is 236 g/mol. The second kappa shape index (κ2) is 4.63. The van der Waals surface area contributed by atoms with Crippen LogP contribution in [0.1, 0.15) is 17.9 Å². The Labute approximate surface area is 99.8 Å². The van der Waals surface area contributed by atoms with Crippen molar-refractivity contribution in [3.63, 3.8) is 0 Å². The summed E-state index contributed by atoms with van der Waals surface area (Å²) in [6.45, 7) is 1.10. The number of rotatable bonds is 1. The molecular weight excluding hydrogens is 220 g/mol. The highest BCUT2D eigenvalue weighted by molar-refractivity contribution is 5.89. The van der Waals surface area contributed by atoms with E-state index in [4.69, 9.17) is 10.5 Å². The molecule has 0 aliphatic carbocycles. The predicted octanol–water partition coefficient (Wildman–Crippen LogP) is 1.41. The molecule has 0 spiro atoms. The molecule has 3 N–H and O–H groups in total. The molecule has 1 aliphatic rings. The molecule has 1 amide bonds. The standard InChI is InChI=1S/C12H16N2O3/c1-17-12(16)14-5-4-8(7-13)10-6-9(15)2-3-11(10)14/h2-3,6,8,15H,4-5,7,13H2,1H3. The van der Waals surface area contributed by atoms with Crippen LogP contribution >= 0.6 is 0 Å². The number of fused-ring (bicyclic) bond motifs is 1. The first kappa shape index (κ1) is 11.7.